The molecule has 3 amide bonds. The zero-order valence-corrected chi connectivity index (χ0v) is 25.0. The fourth-order valence-corrected chi connectivity index (χ4v) is 7.20. The van der Waals surface area contributed by atoms with Gasteiger partial charge >= 0.3 is 6.03 Å². The normalized spacial score (nSPS) is 15.4. The number of anilines is 2. The van der Waals surface area contributed by atoms with Crippen LogP contribution in [0.5, 0.6) is 0 Å². The maximum atomic E-state index is 13.2. The molecule has 2 saturated heterocycles. The van der Waals surface area contributed by atoms with Gasteiger partial charge in [0.25, 0.3) is 0 Å². The molecule has 10 nitrogen and oxygen atoms in total. The number of rotatable bonds is 9. The van der Waals surface area contributed by atoms with Crippen LogP contribution in [0.4, 0.5) is 16.4 Å². The van der Waals surface area contributed by atoms with Gasteiger partial charge in [0.05, 0.1) is 24.3 Å². The molecule has 3 N–H and O–H groups in total. The SMILES string of the molecule is O=C(CCNCCN1CCNC1=O)Nc1ccc(-c2cccc3c(=O)cc(N4CCOCC4)oc23)c2sc3ccccc3c12. The predicted octanol–water partition coefficient (Wildman–Crippen LogP) is 4.61. The summed E-state index contributed by atoms with van der Waals surface area (Å²) < 4.78 is 14.1. The zero-order valence-electron chi connectivity index (χ0n) is 24.2. The molecule has 2 fully saturated rings. The third kappa shape index (κ3) is 5.49. The number of para-hydroxylation sites is 1. The number of ether oxygens (including phenoxy) is 1. The van der Waals surface area contributed by atoms with Gasteiger partial charge in [-0.15, -0.1) is 11.3 Å². The molecule has 4 heterocycles. The van der Waals surface area contributed by atoms with Gasteiger partial charge < -0.3 is 34.9 Å². The van der Waals surface area contributed by atoms with E-state index in [4.69, 9.17) is 9.15 Å². The molecule has 3 aromatic carbocycles. The monoisotopic (exact) mass is 611 g/mol. The fraction of sp³-hybridized carbons (Fsp3) is 0.303. The number of hydrogen-bond acceptors (Lipinski definition) is 8. The number of fused-ring (bicyclic) bond motifs is 4. The van der Waals surface area contributed by atoms with E-state index < -0.39 is 0 Å². The van der Waals surface area contributed by atoms with Gasteiger partial charge in [0.1, 0.15) is 5.58 Å². The number of nitrogens with zero attached hydrogens (tertiary/aromatic N) is 2. The lowest BCUT2D eigenvalue weighted by atomic mass is 9.99. The maximum absolute atomic E-state index is 13.2. The molecule has 44 heavy (non-hydrogen) atoms. The third-order valence-electron chi connectivity index (χ3n) is 8.19. The van der Waals surface area contributed by atoms with Crippen LogP contribution in [0.25, 0.3) is 42.3 Å². The molecular weight excluding hydrogens is 578 g/mol. The zero-order chi connectivity index (χ0) is 30.0. The van der Waals surface area contributed by atoms with Crippen LogP contribution in [0.2, 0.25) is 0 Å². The summed E-state index contributed by atoms with van der Waals surface area (Å²) in [7, 11) is 0. The van der Waals surface area contributed by atoms with Crippen LogP contribution in [0.1, 0.15) is 6.42 Å². The van der Waals surface area contributed by atoms with E-state index in [9.17, 15) is 14.4 Å². The van der Waals surface area contributed by atoms with Crippen LogP contribution in [-0.4, -0.2) is 75.9 Å². The van der Waals surface area contributed by atoms with Crippen molar-refractivity contribution >= 4 is 66.0 Å². The minimum absolute atomic E-state index is 0.0387. The van der Waals surface area contributed by atoms with Crippen molar-refractivity contribution in [3.8, 4) is 11.1 Å². The van der Waals surface area contributed by atoms with Crippen molar-refractivity contribution in [1.29, 1.82) is 0 Å². The lowest BCUT2D eigenvalue weighted by molar-refractivity contribution is -0.116. The molecule has 11 heteroatoms. The highest BCUT2D eigenvalue weighted by molar-refractivity contribution is 7.26. The number of nitrogens with one attached hydrogen (secondary N) is 3. The molecule has 226 valence electrons. The molecule has 0 radical (unpaired) electrons. The van der Waals surface area contributed by atoms with E-state index in [1.54, 1.807) is 28.4 Å². The third-order valence-corrected chi connectivity index (χ3v) is 9.39. The summed E-state index contributed by atoms with van der Waals surface area (Å²) in [4.78, 5) is 41.8. The quantitative estimate of drug-likeness (QED) is 0.209. The molecule has 2 aliphatic heterocycles. The Bertz CT molecular complexity index is 1930. The molecule has 0 aliphatic carbocycles. The van der Waals surface area contributed by atoms with Crippen molar-refractivity contribution in [2.45, 2.75) is 6.42 Å². The highest BCUT2D eigenvalue weighted by Crippen LogP contribution is 2.45. The Morgan fingerprint density at radius 3 is 2.61 bits per heavy atom. The van der Waals surface area contributed by atoms with Gasteiger partial charge in [0.15, 0.2) is 11.3 Å². The number of hydrogen-bond donors (Lipinski definition) is 3. The molecule has 5 aromatic rings. The van der Waals surface area contributed by atoms with Crippen molar-refractivity contribution < 1.29 is 18.7 Å². The van der Waals surface area contributed by atoms with Gasteiger partial charge in [-0.1, -0.05) is 36.4 Å². The van der Waals surface area contributed by atoms with E-state index in [1.807, 2.05) is 41.3 Å². The maximum Gasteiger partial charge on any atom is 0.317 e. The summed E-state index contributed by atoms with van der Waals surface area (Å²) in [6, 6.07) is 19.3. The van der Waals surface area contributed by atoms with E-state index >= 15 is 0 Å². The number of carbonyl (C=O) groups is 2. The Morgan fingerprint density at radius 1 is 0.932 bits per heavy atom. The van der Waals surface area contributed by atoms with Gasteiger partial charge in [-0.25, -0.2) is 4.79 Å². The molecule has 0 bridgehead atoms. The van der Waals surface area contributed by atoms with Crippen molar-refractivity contribution in [2.24, 2.45) is 0 Å². The van der Waals surface area contributed by atoms with Crippen molar-refractivity contribution in [2.75, 3.05) is 69.2 Å². The molecule has 0 unspecified atom stereocenters. The number of thiophene rings is 1. The Morgan fingerprint density at radius 2 is 1.77 bits per heavy atom. The van der Waals surface area contributed by atoms with Gasteiger partial charge in [0.2, 0.25) is 5.91 Å². The van der Waals surface area contributed by atoms with Crippen LogP contribution in [0.3, 0.4) is 0 Å². The summed E-state index contributed by atoms with van der Waals surface area (Å²) in [5.41, 5.74) is 2.99. The first-order chi connectivity index (χ1) is 21.6. The highest BCUT2D eigenvalue weighted by atomic mass is 32.1. The molecule has 0 spiro atoms. The van der Waals surface area contributed by atoms with Crippen molar-refractivity contribution in [3.05, 3.63) is 70.9 Å². The van der Waals surface area contributed by atoms with Crippen molar-refractivity contribution in [1.82, 2.24) is 15.5 Å². The number of carbonyl (C=O) groups excluding carboxylic acids is 2. The second-order valence-corrected chi connectivity index (χ2v) is 12.0. The first-order valence-corrected chi connectivity index (χ1v) is 15.8. The van der Waals surface area contributed by atoms with Crippen molar-refractivity contribution in [3.63, 3.8) is 0 Å². The minimum atomic E-state index is -0.0907. The topological polar surface area (TPSA) is 116 Å². The average Bonchev–Trinajstić information content (AvgIpc) is 3.64. The molecular formula is C33H33N5O5S. The number of morpholine rings is 1. The number of urea groups is 1. The van der Waals surface area contributed by atoms with Gasteiger partial charge in [-0.05, 0) is 18.2 Å². The average molecular weight is 612 g/mol. The lowest BCUT2D eigenvalue weighted by Crippen LogP contribution is -2.36. The Hall–Kier alpha value is -4.45. The van der Waals surface area contributed by atoms with Crippen LogP contribution >= 0.6 is 11.3 Å². The van der Waals surface area contributed by atoms with Crippen LogP contribution < -0.4 is 26.3 Å². The largest absolute Gasteiger partial charge is 0.440 e. The Kier molecular flexibility index (Phi) is 7.90. The highest BCUT2D eigenvalue weighted by Gasteiger charge is 2.21. The van der Waals surface area contributed by atoms with E-state index in [-0.39, 0.29) is 17.4 Å². The summed E-state index contributed by atoms with van der Waals surface area (Å²) in [5, 5.41) is 11.8. The van der Waals surface area contributed by atoms with E-state index in [0.717, 1.165) is 37.0 Å². The molecule has 2 aromatic heterocycles. The van der Waals surface area contributed by atoms with E-state index in [1.165, 1.54) is 0 Å². The van der Waals surface area contributed by atoms with Crippen LogP contribution in [0.15, 0.2) is 69.9 Å². The van der Waals surface area contributed by atoms with Gasteiger partial charge in [-0.2, -0.15) is 0 Å². The summed E-state index contributed by atoms with van der Waals surface area (Å²) in [6.07, 6.45) is 0.302. The standard InChI is InChI=1S/C33H33N5O5S/c39-26-20-29(37-16-18-42-19-17-37)43-31-21(5-3-6-23(26)31)22-8-9-25(30-24-4-1-2-7-27(24)44-32(22)30)36-28(40)10-11-34-12-14-38-15-13-35-33(38)41/h1-9,20,34H,10-19H2,(H,35,41)(H,36,40). The predicted molar refractivity (Wildman–Crippen MR) is 175 cm³/mol. The van der Waals surface area contributed by atoms with Crippen LogP contribution in [-0.2, 0) is 9.53 Å². The second-order valence-electron chi connectivity index (χ2n) is 11.0. The lowest BCUT2D eigenvalue weighted by Gasteiger charge is -2.27. The van der Waals surface area contributed by atoms with E-state index in [2.05, 4.69) is 28.1 Å². The molecule has 0 atom stereocenters. The van der Waals surface area contributed by atoms with Gasteiger partial charge in [-0.3, -0.25) is 9.59 Å². The fourth-order valence-electron chi connectivity index (χ4n) is 5.94. The van der Waals surface area contributed by atoms with Crippen LogP contribution in [0, 0.1) is 0 Å². The summed E-state index contributed by atoms with van der Waals surface area (Å²) in [5.74, 6) is 0.457. The smallest absolute Gasteiger partial charge is 0.317 e. The first-order valence-electron chi connectivity index (χ1n) is 14.9. The minimum Gasteiger partial charge on any atom is -0.440 e. The molecule has 0 saturated carbocycles. The molecule has 7 rings (SSSR count). The molecule has 2 aliphatic rings. The summed E-state index contributed by atoms with van der Waals surface area (Å²) >= 11 is 1.66. The van der Waals surface area contributed by atoms with E-state index in [0.29, 0.717) is 82.3 Å². The second kappa shape index (κ2) is 12.3. The number of amides is 3. The Labute approximate surface area is 257 Å². The van der Waals surface area contributed by atoms with Gasteiger partial charge in [0, 0.05) is 89.6 Å². The first kappa shape index (κ1) is 28.3. The number of benzene rings is 3. The summed E-state index contributed by atoms with van der Waals surface area (Å²) in [6.45, 7) is 5.64. The Balaban J connectivity index is 1.19.